The van der Waals surface area contributed by atoms with Crippen LogP contribution in [0.5, 0.6) is 0 Å². The summed E-state index contributed by atoms with van der Waals surface area (Å²) in [4.78, 5) is 15.8. The molecule has 0 aliphatic carbocycles. The lowest BCUT2D eigenvalue weighted by Crippen LogP contribution is -2.29. The lowest BCUT2D eigenvalue weighted by Gasteiger charge is -2.19. The van der Waals surface area contributed by atoms with Crippen molar-refractivity contribution in [3.8, 4) is 0 Å². The Morgan fingerprint density at radius 3 is 2.47 bits per heavy atom. The van der Waals surface area contributed by atoms with Crippen molar-refractivity contribution in [2.24, 2.45) is 5.73 Å². The van der Waals surface area contributed by atoms with Gasteiger partial charge < -0.3 is 5.73 Å². The zero-order valence-electron chi connectivity index (χ0n) is 9.93. The number of hydrogen-bond donors (Lipinski definition) is 2. The number of nitrogens with one attached hydrogen (secondary N) is 1. The second-order valence-corrected chi connectivity index (χ2v) is 4.50. The highest BCUT2D eigenvalue weighted by molar-refractivity contribution is 5.50. The summed E-state index contributed by atoms with van der Waals surface area (Å²) in [6, 6.07) is 0. The van der Waals surface area contributed by atoms with Gasteiger partial charge in [0.15, 0.2) is 0 Å². The summed E-state index contributed by atoms with van der Waals surface area (Å²) in [5, 5.41) is 0. The Balaban J connectivity index is 3.71. The molecule has 0 aromatic rings. The van der Waals surface area contributed by atoms with Gasteiger partial charge in [-0.05, 0) is 40.2 Å². The van der Waals surface area contributed by atoms with Crippen molar-refractivity contribution in [2.75, 3.05) is 6.54 Å². The first-order chi connectivity index (χ1) is 6.99. The van der Waals surface area contributed by atoms with Crippen LogP contribution < -0.4 is 11.2 Å². The molecular formula is C11H22N2O2. The number of hydroxylamine groups is 1. The molecule has 0 amide bonds. The summed E-state index contributed by atoms with van der Waals surface area (Å²) < 4.78 is 0. The highest BCUT2D eigenvalue weighted by Crippen LogP contribution is 2.08. The molecule has 0 atom stereocenters. The van der Waals surface area contributed by atoms with E-state index in [0.717, 1.165) is 19.3 Å². The Morgan fingerprint density at radius 1 is 1.33 bits per heavy atom. The Labute approximate surface area is 91.8 Å². The number of carbonyl (C=O) groups excluding carboxylic acids is 1. The third-order valence-corrected chi connectivity index (χ3v) is 1.73. The van der Waals surface area contributed by atoms with Crippen LogP contribution in [0.15, 0.2) is 5.70 Å². The number of hydrogen-bond acceptors (Lipinski definition) is 4. The van der Waals surface area contributed by atoms with Crippen LogP contribution in [0.3, 0.4) is 0 Å². The van der Waals surface area contributed by atoms with Crippen molar-refractivity contribution in [1.82, 2.24) is 5.48 Å². The lowest BCUT2D eigenvalue weighted by molar-refractivity contribution is -0.0585. The molecule has 0 saturated heterocycles. The molecule has 0 heterocycles. The van der Waals surface area contributed by atoms with E-state index in [1.54, 1.807) is 0 Å². The van der Waals surface area contributed by atoms with Crippen LogP contribution in [0.25, 0.3) is 0 Å². The summed E-state index contributed by atoms with van der Waals surface area (Å²) in [5.74, 6) is 1.85. The average molecular weight is 214 g/mol. The van der Waals surface area contributed by atoms with E-state index in [1.165, 1.54) is 0 Å². The summed E-state index contributed by atoms with van der Waals surface area (Å²) in [6.07, 6.45) is 3.62. The second-order valence-electron chi connectivity index (χ2n) is 4.50. The average Bonchev–Trinajstić information content (AvgIpc) is 2.15. The molecular weight excluding hydrogens is 192 g/mol. The Hall–Kier alpha value is -0.830. The molecule has 0 radical (unpaired) electrons. The van der Waals surface area contributed by atoms with Crippen LogP contribution in [0.4, 0.5) is 0 Å². The monoisotopic (exact) mass is 214 g/mol. The van der Waals surface area contributed by atoms with Crippen LogP contribution in [-0.2, 0) is 9.63 Å². The van der Waals surface area contributed by atoms with Gasteiger partial charge in [-0.3, -0.25) is 10.3 Å². The lowest BCUT2D eigenvalue weighted by atomic mass is 10.1. The summed E-state index contributed by atoms with van der Waals surface area (Å²) in [6.45, 7) is 6.44. The van der Waals surface area contributed by atoms with Gasteiger partial charge in [0.2, 0.25) is 0 Å². The van der Waals surface area contributed by atoms with Crippen LogP contribution in [0, 0.1) is 0 Å². The van der Waals surface area contributed by atoms with Crippen LogP contribution >= 0.6 is 0 Å². The maximum absolute atomic E-state index is 10.6. The van der Waals surface area contributed by atoms with Crippen LogP contribution in [-0.4, -0.2) is 18.1 Å². The third kappa shape index (κ3) is 9.47. The molecule has 0 aliphatic heterocycles. The van der Waals surface area contributed by atoms with Gasteiger partial charge >= 0.3 is 0 Å². The summed E-state index contributed by atoms with van der Waals surface area (Å²) in [7, 11) is 0. The van der Waals surface area contributed by atoms with Gasteiger partial charge in [0.05, 0.1) is 5.60 Å². The molecule has 0 fully saturated rings. The number of nitrogens with two attached hydrogens (primary N) is 1. The first-order valence-corrected chi connectivity index (χ1v) is 5.37. The molecule has 4 nitrogen and oxygen atoms in total. The summed E-state index contributed by atoms with van der Waals surface area (Å²) >= 11 is 0. The van der Waals surface area contributed by atoms with Crippen molar-refractivity contribution in [3.63, 3.8) is 0 Å². The Bertz CT molecular complexity index is 215. The number of allylic oxidation sites excluding steroid dienone is 1. The normalized spacial score (nSPS) is 10.9. The fraction of sp³-hybridized carbons (Fsp3) is 0.818. The van der Waals surface area contributed by atoms with E-state index in [1.807, 2.05) is 26.7 Å². The van der Waals surface area contributed by atoms with Crippen molar-refractivity contribution >= 4 is 5.94 Å². The molecule has 0 bridgehead atoms. The topological polar surface area (TPSA) is 64.3 Å². The Morgan fingerprint density at radius 2 is 2.00 bits per heavy atom. The fourth-order valence-corrected chi connectivity index (χ4v) is 0.960. The van der Waals surface area contributed by atoms with Crippen LogP contribution in [0.1, 0.15) is 46.5 Å². The van der Waals surface area contributed by atoms with Crippen molar-refractivity contribution in [3.05, 3.63) is 5.70 Å². The van der Waals surface area contributed by atoms with Gasteiger partial charge in [0.1, 0.15) is 11.6 Å². The van der Waals surface area contributed by atoms with Gasteiger partial charge in [-0.15, -0.1) is 0 Å². The molecule has 0 aromatic heterocycles. The maximum atomic E-state index is 10.6. The fourth-order valence-electron chi connectivity index (χ4n) is 0.960. The molecule has 15 heavy (non-hydrogen) atoms. The van der Waals surface area contributed by atoms with E-state index in [-0.39, 0.29) is 5.60 Å². The minimum absolute atomic E-state index is 0.306. The van der Waals surface area contributed by atoms with Gasteiger partial charge in [0.25, 0.3) is 0 Å². The van der Waals surface area contributed by atoms with Gasteiger partial charge in [-0.1, -0.05) is 6.42 Å². The molecule has 0 rings (SSSR count). The standard InChI is InChI=1S/C11H22N2O2/c1-11(2,3)15-13-10(9-14)7-5-4-6-8-12/h13H,4-8,12H2,1-3H3. The van der Waals surface area contributed by atoms with Gasteiger partial charge in [-0.2, -0.15) is 0 Å². The van der Waals surface area contributed by atoms with Crippen molar-refractivity contribution in [1.29, 1.82) is 0 Å². The molecule has 0 saturated carbocycles. The minimum Gasteiger partial charge on any atom is -0.330 e. The molecule has 0 unspecified atom stereocenters. The van der Waals surface area contributed by atoms with E-state index >= 15 is 0 Å². The smallest absolute Gasteiger partial charge is 0.147 e. The Kier molecular flexibility index (Phi) is 7.05. The maximum Gasteiger partial charge on any atom is 0.147 e. The third-order valence-electron chi connectivity index (χ3n) is 1.73. The van der Waals surface area contributed by atoms with E-state index in [0.29, 0.717) is 18.7 Å². The van der Waals surface area contributed by atoms with E-state index in [9.17, 15) is 4.79 Å². The number of unbranched alkanes of at least 4 members (excludes halogenated alkanes) is 2. The molecule has 0 spiro atoms. The largest absolute Gasteiger partial charge is 0.330 e. The molecule has 3 N–H and O–H groups in total. The van der Waals surface area contributed by atoms with E-state index < -0.39 is 0 Å². The highest BCUT2D eigenvalue weighted by Gasteiger charge is 2.11. The number of rotatable bonds is 7. The SMILES string of the molecule is CC(C)(C)ONC(=C=O)CCCCCN. The van der Waals surface area contributed by atoms with E-state index in [2.05, 4.69) is 5.48 Å². The van der Waals surface area contributed by atoms with Crippen molar-refractivity contribution < 1.29 is 9.63 Å². The quantitative estimate of drug-likeness (QED) is 0.383. The summed E-state index contributed by atoms with van der Waals surface area (Å²) in [5.41, 5.74) is 8.19. The molecule has 0 aromatic carbocycles. The van der Waals surface area contributed by atoms with Crippen molar-refractivity contribution in [2.45, 2.75) is 52.1 Å². The predicted octanol–water partition coefficient (Wildman–Crippen LogP) is 1.54. The highest BCUT2D eigenvalue weighted by atomic mass is 16.7. The minimum atomic E-state index is -0.306. The first-order valence-electron chi connectivity index (χ1n) is 5.37. The van der Waals surface area contributed by atoms with E-state index in [4.69, 9.17) is 10.6 Å². The molecule has 0 aliphatic rings. The van der Waals surface area contributed by atoms with Gasteiger partial charge in [-0.25, -0.2) is 4.79 Å². The van der Waals surface area contributed by atoms with Gasteiger partial charge in [0, 0.05) is 6.42 Å². The second kappa shape index (κ2) is 7.46. The van der Waals surface area contributed by atoms with Crippen LogP contribution in [0.2, 0.25) is 0 Å². The molecule has 88 valence electrons. The predicted molar refractivity (Wildman–Crippen MR) is 60.7 cm³/mol. The zero-order valence-corrected chi connectivity index (χ0v) is 9.93. The first kappa shape index (κ1) is 14.2. The zero-order chi connectivity index (χ0) is 11.7. The molecule has 4 heteroatoms.